The molecule has 6 heteroatoms. The highest BCUT2D eigenvalue weighted by molar-refractivity contribution is 5.84. The lowest BCUT2D eigenvalue weighted by Crippen LogP contribution is -2.56. The minimum atomic E-state index is -0.354. The lowest BCUT2D eigenvalue weighted by molar-refractivity contribution is -0.142. The van der Waals surface area contributed by atoms with E-state index in [1.807, 2.05) is 50.9 Å². The number of rotatable bonds is 5. The summed E-state index contributed by atoms with van der Waals surface area (Å²) in [6.45, 7) is 11.3. The van der Waals surface area contributed by atoms with Crippen molar-refractivity contribution < 1.29 is 9.59 Å². The van der Waals surface area contributed by atoms with E-state index < -0.39 is 0 Å². The number of hydrogen-bond donors (Lipinski definition) is 2. The molecule has 2 heterocycles. The molecule has 1 aliphatic heterocycles. The van der Waals surface area contributed by atoms with Crippen LogP contribution in [-0.2, 0) is 16.0 Å². The van der Waals surface area contributed by atoms with E-state index in [4.69, 9.17) is 0 Å². The highest BCUT2D eigenvalue weighted by atomic mass is 16.2. The van der Waals surface area contributed by atoms with Crippen molar-refractivity contribution in [2.24, 2.45) is 5.41 Å². The number of carbonyl (C=O) groups excluding carboxylic acids is 2. The summed E-state index contributed by atoms with van der Waals surface area (Å²) >= 11 is 0. The molecule has 1 aliphatic rings. The van der Waals surface area contributed by atoms with Crippen molar-refractivity contribution in [2.45, 2.75) is 40.2 Å². The Morgan fingerprint density at radius 3 is 2.50 bits per heavy atom. The molecule has 1 saturated heterocycles. The quantitative estimate of drug-likeness (QED) is 0.832. The number of H-pyrrole nitrogens is 1. The summed E-state index contributed by atoms with van der Waals surface area (Å²) in [6.07, 6.45) is 2.82. The monoisotopic (exact) mass is 384 g/mol. The number of aromatic nitrogens is 1. The van der Waals surface area contributed by atoms with Gasteiger partial charge in [0.05, 0.1) is 6.04 Å². The molecule has 0 spiro atoms. The van der Waals surface area contributed by atoms with Crippen molar-refractivity contribution in [3.8, 4) is 0 Å². The van der Waals surface area contributed by atoms with Gasteiger partial charge in [-0.15, -0.1) is 0 Å². The first-order chi connectivity index (χ1) is 13.3. The number of carbonyl (C=O) groups is 2. The lowest BCUT2D eigenvalue weighted by atomic mass is 9.94. The maximum Gasteiger partial charge on any atom is 0.237 e. The van der Waals surface area contributed by atoms with E-state index in [9.17, 15) is 9.59 Å². The predicted molar refractivity (Wildman–Crippen MR) is 112 cm³/mol. The maximum absolute atomic E-state index is 12.6. The van der Waals surface area contributed by atoms with Gasteiger partial charge in [-0.3, -0.25) is 14.5 Å². The number of nitrogens with zero attached hydrogens (tertiary/aromatic N) is 2. The average Bonchev–Trinajstić information content (AvgIpc) is 3.09. The molecule has 0 radical (unpaired) electrons. The summed E-state index contributed by atoms with van der Waals surface area (Å²) in [5, 5.41) is 4.28. The molecule has 3 rings (SSSR count). The third kappa shape index (κ3) is 4.55. The summed E-state index contributed by atoms with van der Waals surface area (Å²) in [5.41, 5.74) is 1.99. The zero-order valence-electron chi connectivity index (χ0n) is 17.4. The highest BCUT2D eigenvalue weighted by Crippen LogP contribution is 2.19. The van der Waals surface area contributed by atoms with Gasteiger partial charge in [-0.05, 0) is 25.0 Å². The summed E-state index contributed by atoms with van der Waals surface area (Å²) in [7, 11) is 0. The van der Waals surface area contributed by atoms with Crippen LogP contribution in [0.5, 0.6) is 0 Å². The zero-order chi connectivity index (χ0) is 20.3. The van der Waals surface area contributed by atoms with E-state index >= 15 is 0 Å². The SMILES string of the molecule is CC(C(=O)NCCc1c[nH]c2ccccc12)N1CCN(C(=O)C(C)(C)C)CC1. The van der Waals surface area contributed by atoms with Gasteiger partial charge in [-0.1, -0.05) is 39.0 Å². The number of para-hydroxylation sites is 1. The maximum atomic E-state index is 12.6. The third-order valence-electron chi connectivity index (χ3n) is 5.54. The standard InChI is InChI=1S/C22H32N4O2/c1-16(25-11-13-26(14-12-25)21(28)22(2,3)4)20(27)23-10-9-17-15-24-19-8-6-5-7-18(17)19/h5-8,15-16,24H,9-14H2,1-4H3,(H,23,27). The number of benzene rings is 1. The van der Waals surface area contributed by atoms with E-state index in [-0.39, 0.29) is 23.3 Å². The molecule has 0 saturated carbocycles. The average molecular weight is 385 g/mol. The molecular weight excluding hydrogens is 352 g/mol. The molecule has 28 heavy (non-hydrogen) atoms. The first kappa shape index (κ1) is 20.4. The molecule has 1 aromatic heterocycles. The Kier molecular flexibility index (Phi) is 6.08. The van der Waals surface area contributed by atoms with Crippen LogP contribution in [0.1, 0.15) is 33.3 Å². The van der Waals surface area contributed by atoms with Crippen LogP contribution in [0.3, 0.4) is 0 Å². The largest absolute Gasteiger partial charge is 0.361 e. The van der Waals surface area contributed by atoms with Crippen molar-refractivity contribution in [1.29, 1.82) is 0 Å². The Balaban J connectivity index is 1.45. The first-order valence-electron chi connectivity index (χ1n) is 10.1. The molecule has 0 aliphatic carbocycles. The molecule has 6 nitrogen and oxygen atoms in total. The van der Waals surface area contributed by atoms with Crippen LogP contribution in [0.2, 0.25) is 0 Å². The smallest absolute Gasteiger partial charge is 0.237 e. The van der Waals surface area contributed by atoms with E-state index in [0.717, 1.165) is 25.0 Å². The van der Waals surface area contributed by atoms with Crippen molar-refractivity contribution in [1.82, 2.24) is 20.1 Å². The van der Waals surface area contributed by atoms with Crippen molar-refractivity contribution >= 4 is 22.7 Å². The fourth-order valence-corrected chi connectivity index (χ4v) is 3.76. The van der Waals surface area contributed by atoms with Crippen molar-refractivity contribution in [3.63, 3.8) is 0 Å². The molecule has 2 amide bonds. The Morgan fingerprint density at radius 1 is 1.14 bits per heavy atom. The summed E-state index contributed by atoms with van der Waals surface area (Å²) in [6, 6.07) is 8.02. The van der Waals surface area contributed by atoms with Gasteiger partial charge in [0, 0.05) is 55.2 Å². The van der Waals surface area contributed by atoms with Crippen LogP contribution in [0, 0.1) is 5.41 Å². The Hall–Kier alpha value is -2.34. The second-order valence-electron chi connectivity index (χ2n) is 8.65. The van der Waals surface area contributed by atoms with Gasteiger partial charge in [0.1, 0.15) is 0 Å². The van der Waals surface area contributed by atoms with Crippen molar-refractivity contribution in [2.75, 3.05) is 32.7 Å². The van der Waals surface area contributed by atoms with Crippen LogP contribution in [0.25, 0.3) is 10.9 Å². The van der Waals surface area contributed by atoms with E-state index in [1.54, 1.807) is 0 Å². The Bertz CT molecular complexity index is 828. The molecule has 1 unspecified atom stereocenters. The molecule has 152 valence electrons. The molecule has 1 atom stereocenters. The lowest BCUT2D eigenvalue weighted by Gasteiger charge is -2.39. The van der Waals surface area contributed by atoms with E-state index in [2.05, 4.69) is 27.3 Å². The molecule has 1 fully saturated rings. The number of fused-ring (bicyclic) bond motifs is 1. The summed E-state index contributed by atoms with van der Waals surface area (Å²) in [4.78, 5) is 32.3. The summed E-state index contributed by atoms with van der Waals surface area (Å²) < 4.78 is 0. The van der Waals surface area contributed by atoms with Gasteiger partial charge in [0.25, 0.3) is 0 Å². The van der Waals surface area contributed by atoms with Crippen LogP contribution in [0.15, 0.2) is 30.5 Å². The molecule has 1 aromatic carbocycles. The van der Waals surface area contributed by atoms with Gasteiger partial charge in [-0.2, -0.15) is 0 Å². The minimum absolute atomic E-state index is 0.0513. The highest BCUT2D eigenvalue weighted by Gasteiger charge is 2.32. The molecule has 2 aromatic rings. The fraction of sp³-hybridized carbons (Fsp3) is 0.545. The second kappa shape index (κ2) is 8.35. The topological polar surface area (TPSA) is 68.4 Å². The minimum Gasteiger partial charge on any atom is -0.361 e. The number of piperazine rings is 1. The van der Waals surface area contributed by atoms with E-state index in [1.165, 1.54) is 10.9 Å². The van der Waals surface area contributed by atoms with Crippen molar-refractivity contribution in [3.05, 3.63) is 36.0 Å². The van der Waals surface area contributed by atoms with Gasteiger partial charge in [0.15, 0.2) is 0 Å². The van der Waals surface area contributed by atoms with Gasteiger partial charge < -0.3 is 15.2 Å². The number of aromatic amines is 1. The number of hydrogen-bond acceptors (Lipinski definition) is 3. The van der Waals surface area contributed by atoms with Crippen LogP contribution in [-0.4, -0.2) is 65.4 Å². The van der Waals surface area contributed by atoms with E-state index in [0.29, 0.717) is 19.6 Å². The molecule has 0 bridgehead atoms. The van der Waals surface area contributed by atoms with Gasteiger partial charge in [0.2, 0.25) is 11.8 Å². The Labute approximate surface area is 167 Å². The molecule has 2 N–H and O–H groups in total. The number of amides is 2. The van der Waals surface area contributed by atoms with Gasteiger partial charge in [-0.25, -0.2) is 0 Å². The Morgan fingerprint density at radius 2 is 1.82 bits per heavy atom. The number of nitrogens with one attached hydrogen (secondary N) is 2. The third-order valence-corrected chi connectivity index (χ3v) is 5.54. The van der Waals surface area contributed by atoms with Crippen LogP contribution in [0.4, 0.5) is 0 Å². The zero-order valence-corrected chi connectivity index (χ0v) is 17.4. The first-order valence-corrected chi connectivity index (χ1v) is 10.1. The molecular formula is C22H32N4O2. The van der Waals surface area contributed by atoms with Crippen LogP contribution < -0.4 is 5.32 Å². The van der Waals surface area contributed by atoms with Gasteiger partial charge >= 0.3 is 0 Å². The normalized spacial score (nSPS) is 16.9. The summed E-state index contributed by atoms with van der Waals surface area (Å²) in [5.74, 6) is 0.235. The second-order valence-corrected chi connectivity index (χ2v) is 8.65. The van der Waals surface area contributed by atoms with Crippen LogP contribution >= 0.6 is 0 Å². The predicted octanol–water partition coefficient (Wildman–Crippen LogP) is 2.41. The fourth-order valence-electron chi connectivity index (χ4n) is 3.76.